The van der Waals surface area contributed by atoms with Crippen LogP contribution in [0.25, 0.3) is 0 Å². The molecule has 0 aliphatic carbocycles. The van der Waals surface area contributed by atoms with Crippen LogP contribution in [0.5, 0.6) is 11.5 Å². The second-order valence-electron chi connectivity index (χ2n) is 4.11. The van der Waals surface area contributed by atoms with Gasteiger partial charge < -0.3 is 9.47 Å². The Kier molecular flexibility index (Phi) is 4.56. The maximum absolute atomic E-state index is 13.6. The van der Waals surface area contributed by atoms with Gasteiger partial charge in [0.1, 0.15) is 23.9 Å². The predicted molar refractivity (Wildman–Crippen MR) is 73.1 cm³/mol. The first-order valence-corrected chi connectivity index (χ1v) is 6.27. The Morgan fingerprint density at radius 1 is 1.10 bits per heavy atom. The van der Waals surface area contributed by atoms with E-state index in [0.717, 1.165) is 0 Å². The fourth-order valence-corrected chi connectivity index (χ4v) is 1.74. The molecule has 0 amide bonds. The smallest absolute Gasteiger partial charge is 0.129 e. The molecule has 0 saturated heterocycles. The quantitative estimate of drug-likeness (QED) is 0.833. The van der Waals surface area contributed by atoms with Crippen molar-refractivity contribution in [3.8, 4) is 17.6 Å². The molecule has 0 aliphatic rings. The number of ether oxygens (including phenoxy) is 2. The lowest BCUT2D eigenvalue weighted by Crippen LogP contribution is -1.99. The summed E-state index contributed by atoms with van der Waals surface area (Å²) in [5.41, 5.74) is 0.763. The summed E-state index contributed by atoms with van der Waals surface area (Å²) in [7, 11) is 0. The van der Waals surface area contributed by atoms with E-state index in [-0.39, 0.29) is 12.4 Å². The van der Waals surface area contributed by atoms with Gasteiger partial charge >= 0.3 is 0 Å². The second kappa shape index (κ2) is 6.58. The maximum atomic E-state index is 13.6. The van der Waals surface area contributed by atoms with E-state index in [4.69, 9.17) is 14.7 Å². The lowest BCUT2D eigenvalue weighted by atomic mass is 10.1. The lowest BCUT2D eigenvalue weighted by Gasteiger charge is -2.09. The number of nitrogens with zero attached hydrogens (tertiary/aromatic N) is 1. The molecule has 2 rings (SSSR count). The van der Waals surface area contributed by atoms with Gasteiger partial charge in [0.2, 0.25) is 0 Å². The summed E-state index contributed by atoms with van der Waals surface area (Å²) >= 11 is 0. The van der Waals surface area contributed by atoms with Gasteiger partial charge in [-0.25, -0.2) is 4.39 Å². The monoisotopic (exact) mass is 271 g/mol. The Bertz CT molecular complexity index is 635. The van der Waals surface area contributed by atoms with Crippen LogP contribution >= 0.6 is 0 Å². The molecule has 3 nitrogen and oxygen atoms in total. The molecule has 2 aromatic rings. The number of halogens is 1. The van der Waals surface area contributed by atoms with Gasteiger partial charge in [-0.1, -0.05) is 6.07 Å². The van der Waals surface area contributed by atoms with Gasteiger partial charge in [0.15, 0.2) is 0 Å². The number of nitriles is 1. The normalized spacial score (nSPS) is 9.85. The highest BCUT2D eigenvalue weighted by molar-refractivity contribution is 5.35. The molecule has 0 spiro atoms. The first kappa shape index (κ1) is 13.9. The van der Waals surface area contributed by atoms with Crippen molar-refractivity contribution in [1.82, 2.24) is 0 Å². The fraction of sp³-hybridized carbons (Fsp3) is 0.188. The molecular formula is C16H14FNO2. The molecule has 0 aliphatic heterocycles. The average Bonchev–Trinajstić information content (AvgIpc) is 2.47. The molecule has 0 aromatic heterocycles. The molecule has 0 bridgehead atoms. The van der Waals surface area contributed by atoms with E-state index in [0.29, 0.717) is 29.2 Å². The van der Waals surface area contributed by atoms with Crippen molar-refractivity contribution < 1.29 is 13.9 Å². The average molecular weight is 271 g/mol. The second-order valence-corrected chi connectivity index (χ2v) is 4.11. The molecule has 0 N–H and O–H groups in total. The third kappa shape index (κ3) is 3.48. The Balaban J connectivity index is 2.09. The fourth-order valence-electron chi connectivity index (χ4n) is 1.74. The summed E-state index contributed by atoms with van der Waals surface area (Å²) in [6.07, 6.45) is 0. The number of hydrogen-bond acceptors (Lipinski definition) is 3. The number of hydrogen-bond donors (Lipinski definition) is 0. The zero-order chi connectivity index (χ0) is 14.4. The van der Waals surface area contributed by atoms with Crippen molar-refractivity contribution in [1.29, 1.82) is 5.26 Å². The third-order valence-electron chi connectivity index (χ3n) is 2.69. The van der Waals surface area contributed by atoms with E-state index in [1.807, 2.05) is 25.1 Å². The van der Waals surface area contributed by atoms with Crippen molar-refractivity contribution in [2.45, 2.75) is 13.5 Å². The minimum atomic E-state index is -0.384. The molecule has 0 radical (unpaired) electrons. The molecule has 0 fully saturated rings. The summed E-state index contributed by atoms with van der Waals surface area (Å²) in [6.45, 7) is 2.54. The molecule has 2 aromatic carbocycles. The molecule has 0 unspecified atom stereocenters. The summed E-state index contributed by atoms with van der Waals surface area (Å²) < 4.78 is 24.5. The number of rotatable bonds is 5. The van der Waals surface area contributed by atoms with Crippen LogP contribution in [0.4, 0.5) is 4.39 Å². The summed E-state index contributed by atoms with van der Waals surface area (Å²) in [4.78, 5) is 0. The largest absolute Gasteiger partial charge is 0.494 e. The van der Waals surface area contributed by atoms with Crippen LogP contribution in [0.1, 0.15) is 18.1 Å². The van der Waals surface area contributed by atoms with E-state index in [2.05, 4.69) is 0 Å². The minimum absolute atomic E-state index is 0.0664. The Hall–Kier alpha value is -2.54. The van der Waals surface area contributed by atoms with Crippen molar-refractivity contribution in [2.24, 2.45) is 0 Å². The van der Waals surface area contributed by atoms with Crippen molar-refractivity contribution in [3.05, 3.63) is 59.4 Å². The summed E-state index contributed by atoms with van der Waals surface area (Å²) in [5.74, 6) is 0.916. The Labute approximate surface area is 117 Å². The van der Waals surface area contributed by atoms with E-state index in [1.165, 1.54) is 18.2 Å². The maximum Gasteiger partial charge on any atom is 0.129 e. The lowest BCUT2D eigenvalue weighted by molar-refractivity contribution is 0.294. The van der Waals surface area contributed by atoms with Crippen molar-refractivity contribution in [2.75, 3.05) is 6.61 Å². The van der Waals surface area contributed by atoms with Gasteiger partial charge in [-0.05, 0) is 37.3 Å². The van der Waals surface area contributed by atoms with Gasteiger partial charge in [-0.15, -0.1) is 0 Å². The predicted octanol–water partition coefficient (Wildman–Crippen LogP) is 3.68. The van der Waals surface area contributed by atoms with Crippen LogP contribution in [0.2, 0.25) is 0 Å². The molecule has 0 saturated carbocycles. The van der Waals surface area contributed by atoms with Crippen LogP contribution in [0.15, 0.2) is 42.5 Å². The third-order valence-corrected chi connectivity index (χ3v) is 2.69. The molecular weight excluding hydrogens is 257 g/mol. The molecule has 0 atom stereocenters. The minimum Gasteiger partial charge on any atom is -0.494 e. The molecule has 4 heteroatoms. The van der Waals surface area contributed by atoms with Crippen LogP contribution < -0.4 is 9.47 Å². The molecule has 0 heterocycles. The Morgan fingerprint density at radius 3 is 2.55 bits per heavy atom. The van der Waals surface area contributed by atoms with E-state index < -0.39 is 0 Å². The zero-order valence-corrected chi connectivity index (χ0v) is 11.1. The highest BCUT2D eigenvalue weighted by Gasteiger charge is 2.05. The topological polar surface area (TPSA) is 42.2 Å². The van der Waals surface area contributed by atoms with Crippen LogP contribution in [-0.4, -0.2) is 6.61 Å². The highest BCUT2D eigenvalue weighted by Crippen LogP contribution is 2.21. The Morgan fingerprint density at radius 2 is 1.85 bits per heavy atom. The van der Waals surface area contributed by atoms with E-state index in [1.54, 1.807) is 12.1 Å². The van der Waals surface area contributed by atoms with Crippen LogP contribution in [-0.2, 0) is 6.61 Å². The summed E-state index contributed by atoms with van der Waals surface area (Å²) in [6, 6.07) is 13.3. The van der Waals surface area contributed by atoms with Crippen molar-refractivity contribution in [3.63, 3.8) is 0 Å². The van der Waals surface area contributed by atoms with Gasteiger partial charge in [0.05, 0.1) is 18.2 Å². The summed E-state index contributed by atoms with van der Waals surface area (Å²) in [5, 5.41) is 8.80. The standard InChI is InChI=1S/C16H14FNO2/c1-2-19-14-4-3-5-15(9-14)20-11-13-8-12(10-18)6-7-16(13)17/h3-9H,2,11H2,1H3. The van der Waals surface area contributed by atoms with Gasteiger partial charge in [0, 0.05) is 11.6 Å². The van der Waals surface area contributed by atoms with Gasteiger partial charge in [0.25, 0.3) is 0 Å². The van der Waals surface area contributed by atoms with Crippen molar-refractivity contribution >= 4 is 0 Å². The van der Waals surface area contributed by atoms with Gasteiger partial charge in [-0.2, -0.15) is 5.26 Å². The first-order valence-electron chi connectivity index (χ1n) is 6.27. The van der Waals surface area contributed by atoms with Gasteiger partial charge in [-0.3, -0.25) is 0 Å². The zero-order valence-electron chi connectivity index (χ0n) is 11.1. The van der Waals surface area contributed by atoms with E-state index in [9.17, 15) is 4.39 Å². The highest BCUT2D eigenvalue weighted by atomic mass is 19.1. The van der Waals surface area contributed by atoms with E-state index >= 15 is 0 Å². The van der Waals surface area contributed by atoms with Crippen LogP contribution in [0.3, 0.4) is 0 Å². The SMILES string of the molecule is CCOc1cccc(OCc2cc(C#N)ccc2F)c1. The molecule has 102 valence electrons. The first-order chi connectivity index (χ1) is 9.72. The van der Waals surface area contributed by atoms with Crippen LogP contribution in [0, 0.1) is 17.1 Å². The number of benzene rings is 2. The molecule has 20 heavy (non-hydrogen) atoms.